The lowest BCUT2D eigenvalue weighted by Crippen LogP contribution is -1.91. The van der Waals surface area contributed by atoms with Crippen molar-refractivity contribution in [2.75, 3.05) is 7.11 Å². The van der Waals surface area contributed by atoms with Gasteiger partial charge in [0, 0.05) is 16.0 Å². The summed E-state index contributed by atoms with van der Waals surface area (Å²) in [5, 5.41) is 9.54. The zero-order chi connectivity index (χ0) is 17.4. The van der Waals surface area contributed by atoms with Gasteiger partial charge in [-0.15, -0.1) is 10.2 Å². The van der Waals surface area contributed by atoms with Gasteiger partial charge < -0.3 is 9.15 Å². The highest BCUT2D eigenvalue weighted by atomic mass is 32.2. The van der Waals surface area contributed by atoms with Crippen molar-refractivity contribution in [2.24, 2.45) is 0 Å². The molecule has 25 heavy (non-hydrogen) atoms. The highest BCUT2D eigenvalue weighted by Crippen LogP contribution is 2.43. The summed E-state index contributed by atoms with van der Waals surface area (Å²) in [6, 6.07) is 14.1. The van der Waals surface area contributed by atoms with E-state index in [2.05, 4.69) is 10.2 Å². The number of benzene rings is 2. The Hall–Kier alpha value is -2.58. The number of rotatable bonds is 4. The van der Waals surface area contributed by atoms with Crippen LogP contribution in [-0.4, -0.2) is 25.7 Å². The van der Waals surface area contributed by atoms with Crippen LogP contribution in [0.25, 0.3) is 16.4 Å². The van der Waals surface area contributed by atoms with E-state index < -0.39 is 9.84 Å². The van der Waals surface area contributed by atoms with E-state index in [1.165, 1.54) is 5.41 Å². The smallest absolute Gasteiger partial charge is 0.281 e. The van der Waals surface area contributed by atoms with Crippen LogP contribution in [0.3, 0.4) is 0 Å². The van der Waals surface area contributed by atoms with E-state index in [9.17, 15) is 8.42 Å². The first kappa shape index (κ1) is 15.9. The summed E-state index contributed by atoms with van der Waals surface area (Å²) < 4.78 is 35.1. The third kappa shape index (κ3) is 2.94. The molecule has 2 aromatic carbocycles. The highest BCUT2D eigenvalue weighted by molar-refractivity contribution is 8.09. The SMILES string of the molecule is COc1ccc(-c2nnc(SC3=CS(=O)(=O)c4ccccc43)o2)cc1. The molecule has 6 nitrogen and oxygen atoms in total. The van der Waals surface area contributed by atoms with Gasteiger partial charge in [-0.3, -0.25) is 0 Å². The van der Waals surface area contributed by atoms with Crippen LogP contribution in [0.5, 0.6) is 5.75 Å². The zero-order valence-corrected chi connectivity index (χ0v) is 14.7. The normalized spacial score (nSPS) is 14.8. The Balaban J connectivity index is 1.62. The number of hydrogen-bond donors (Lipinski definition) is 0. The Bertz CT molecular complexity index is 1070. The third-order valence-corrected chi connectivity index (χ3v) is 6.22. The molecule has 3 aromatic rings. The summed E-state index contributed by atoms with van der Waals surface area (Å²) in [7, 11) is -1.82. The van der Waals surface area contributed by atoms with Crippen LogP contribution in [0.2, 0.25) is 0 Å². The number of methoxy groups -OCH3 is 1. The summed E-state index contributed by atoms with van der Waals surface area (Å²) in [6.07, 6.45) is 0. The number of nitrogens with zero attached hydrogens (tertiary/aromatic N) is 2. The molecule has 0 N–H and O–H groups in total. The molecule has 0 amide bonds. The Morgan fingerprint density at radius 2 is 1.80 bits per heavy atom. The topological polar surface area (TPSA) is 82.3 Å². The van der Waals surface area contributed by atoms with Gasteiger partial charge in [0.25, 0.3) is 5.22 Å². The lowest BCUT2D eigenvalue weighted by molar-refractivity contribution is 0.414. The second-order valence-electron chi connectivity index (χ2n) is 5.23. The van der Waals surface area contributed by atoms with Gasteiger partial charge in [0.2, 0.25) is 15.7 Å². The summed E-state index contributed by atoms with van der Waals surface area (Å²) in [5.41, 5.74) is 1.41. The molecule has 0 aliphatic carbocycles. The van der Waals surface area contributed by atoms with E-state index in [0.717, 1.165) is 23.1 Å². The fraction of sp³-hybridized carbons (Fsp3) is 0.0588. The molecule has 1 aliphatic rings. The Morgan fingerprint density at radius 3 is 2.56 bits per heavy atom. The predicted molar refractivity (Wildman–Crippen MR) is 93.7 cm³/mol. The van der Waals surface area contributed by atoms with E-state index in [4.69, 9.17) is 9.15 Å². The van der Waals surface area contributed by atoms with E-state index in [0.29, 0.717) is 21.3 Å². The van der Waals surface area contributed by atoms with Crippen LogP contribution in [0.15, 0.2) is 68.5 Å². The fourth-order valence-corrected chi connectivity index (χ4v) is 5.06. The fourth-order valence-electron chi connectivity index (χ4n) is 2.46. The second-order valence-corrected chi connectivity index (χ2v) is 7.99. The number of thioether (sulfide) groups is 1. The molecule has 1 aliphatic heterocycles. The van der Waals surface area contributed by atoms with Crippen molar-refractivity contribution in [3.8, 4) is 17.2 Å². The van der Waals surface area contributed by atoms with Crippen LogP contribution in [-0.2, 0) is 9.84 Å². The van der Waals surface area contributed by atoms with Crippen molar-refractivity contribution in [1.29, 1.82) is 0 Å². The molecule has 0 radical (unpaired) electrons. The number of hydrogen-bond acceptors (Lipinski definition) is 7. The van der Waals surface area contributed by atoms with Gasteiger partial charge in [-0.1, -0.05) is 18.2 Å². The quantitative estimate of drug-likeness (QED) is 0.691. The molecule has 126 valence electrons. The first-order chi connectivity index (χ1) is 12.1. The molecular formula is C17H12N2O4S2. The molecule has 0 atom stereocenters. The van der Waals surface area contributed by atoms with Crippen molar-refractivity contribution >= 4 is 26.5 Å². The minimum Gasteiger partial charge on any atom is -0.497 e. The summed E-state index contributed by atoms with van der Waals surface area (Å²) in [5.74, 6) is 1.09. The van der Waals surface area contributed by atoms with Crippen LogP contribution in [0.4, 0.5) is 0 Å². The maximum absolute atomic E-state index is 12.2. The Labute approximate surface area is 148 Å². The van der Waals surface area contributed by atoms with E-state index in [-0.39, 0.29) is 5.22 Å². The van der Waals surface area contributed by atoms with Gasteiger partial charge in [-0.2, -0.15) is 0 Å². The van der Waals surface area contributed by atoms with Crippen molar-refractivity contribution < 1.29 is 17.6 Å². The lowest BCUT2D eigenvalue weighted by atomic mass is 10.2. The molecule has 0 bridgehead atoms. The molecule has 0 saturated carbocycles. The van der Waals surface area contributed by atoms with Crippen LogP contribution in [0.1, 0.15) is 5.56 Å². The average molecular weight is 372 g/mol. The number of fused-ring (bicyclic) bond motifs is 1. The molecule has 2 heterocycles. The molecule has 1 aromatic heterocycles. The number of sulfone groups is 1. The maximum Gasteiger partial charge on any atom is 0.281 e. The van der Waals surface area contributed by atoms with Crippen molar-refractivity contribution in [3.63, 3.8) is 0 Å². The number of aromatic nitrogens is 2. The van der Waals surface area contributed by atoms with Gasteiger partial charge >= 0.3 is 0 Å². The maximum atomic E-state index is 12.2. The standard InChI is InChI=1S/C17H12N2O4S2/c1-22-12-8-6-11(7-9-12)16-18-19-17(23-16)24-14-10-25(20,21)15-5-3-2-4-13(14)15/h2-10H,1H3. The van der Waals surface area contributed by atoms with Gasteiger partial charge in [-0.05, 0) is 42.1 Å². The summed E-state index contributed by atoms with van der Waals surface area (Å²) in [6.45, 7) is 0. The first-order valence-corrected chi connectivity index (χ1v) is 9.65. The first-order valence-electron chi connectivity index (χ1n) is 7.29. The molecule has 0 fully saturated rings. The van der Waals surface area contributed by atoms with Crippen molar-refractivity contribution in [3.05, 3.63) is 59.5 Å². The molecular weight excluding hydrogens is 360 g/mol. The lowest BCUT2D eigenvalue weighted by Gasteiger charge is -2.00. The van der Waals surface area contributed by atoms with Gasteiger partial charge in [0.15, 0.2) is 0 Å². The number of ether oxygens (including phenoxy) is 1. The highest BCUT2D eigenvalue weighted by Gasteiger charge is 2.28. The van der Waals surface area contributed by atoms with Gasteiger partial charge in [0.05, 0.1) is 17.4 Å². The molecule has 4 rings (SSSR count). The Morgan fingerprint density at radius 1 is 1.04 bits per heavy atom. The van der Waals surface area contributed by atoms with Gasteiger partial charge in [-0.25, -0.2) is 8.42 Å². The zero-order valence-electron chi connectivity index (χ0n) is 13.0. The van der Waals surface area contributed by atoms with E-state index in [1.807, 2.05) is 12.1 Å². The Kier molecular flexibility index (Phi) is 3.85. The van der Waals surface area contributed by atoms with Crippen LogP contribution in [0, 0.1) is 0 Å². The monoisotopic (exact) mass is 372 g/mol. The minimum absolute atomic E-state index is 0.281. The molecule has 0 unspecified atom stereocenters. The summed E-state index contributed by atoms with van der Waals surface area (Å²) in [4.78, 5) is 0.868. The second kappa shape index (κ2) is 6.05. The molecule has 8 heteroatoms. The predicted octanol–water partition coefficient (Wildman–Crippen LogP) is 3.62. The third-order valence-electron chi connectivity index (χ3n) is 3.66. The van der Waals surface area contributed by atoms with E-state index >= 15 is 0 Å². The minimum atomic E-state index is -3.41. The average Bonchev–Trinajstić information content (AvgIpc) is 3.19. The van der Waals surface area contributed by atoms with Crippen LogP contribution < -0.4 is 4.74 Å². The largest absolute Gasteiger partial charge is 0.497 e. The molecule has 0 saturated heterocycles. The van der Waals surface area contributed by atoms with Crippen molar-refractivity contribution in [2.45, 2.75) is 10.1 Å². The van der Waals surface area contributed by atoms with Crippen LogP contribution >= 0.6 is 11.8 Å². The van der Waals surface area contributed by atoms with Gasteiger partial charge in [0.1, 0.15) is 5.75 Å². The summed E-state index contributed by atoms with van der Waals surface area (Å²) >= 11 is 1.14. The molecule has 0 spiro atoms. The van der Waals surface area contributed by atoms with Crippen molar-refractivity contribution in [1.82, 2.24) is 10.2 Å². The van der Waals surface area contributed by atoms with E-state index in [1.54, 1.807) is 43.5 Å².